The Bertz CT molecular complexity index is 856. The van der Waals surface area contributed by atoms with E-state index in [4.69, 9.17) is 19.8 Å². The summed E-state index contributed by atoms with van der Waals surface area (Å²) in [4.78, 5) is 23.6. The summed E-state index contributed by atoms with van der Waals surface area (Å²) < 4.78 is 11.2. The summed E-state index contributed by atoms with van der Waals surface area (Å²) in [6, 6.07) is 16.2. The summed E-state index contributed by atoms with van der Waals surface area (Å²) in [5, 5.41) is 20.2. The molecule has 2 amide bonds. The summed E-state index contributed by atoms with van der Waals surface area (Å²) in [6.07, 6.45) is 2.91. The minimum Gasteiger partial charge on any atom is -0.491 e. The highest BCUT2D eigenvalue weighted by molar-refractivity contribution is 5.86. The summed E-state index contributed by atoms with van der Waals surface area (Å²) >= 11 is 0. The van der Waals surface area contributed by atoms with Gasteiger partial charge in [-0.25, -0.2) is 10.3 Å². The zero-order valence-corrected chi connectivity index (χ0v) is 17.4. The van der Waals surface area contributed by atoms with Crippen LogP contribution in [0.2, 0.25) is 0 Å². The highest BCUT2D eigenvalue weighted by atomic mass is 16.6. The van der Waals surface area contributed by atoms with E-state index < -0.39 is 18.1 Å². The fourth-order valence-corrected chi connectivity index (χ4v) is 2.98. The van der Waals surface area contributed by atoms with E-state index in [1.165, 1.54) is 11.6 Å². The van der Waals surface area contributed by atoms with Crippen molar-refractivity contribution in [3.63, 3.8) is 0 Å². The second-order valence-corrected chi connectivity index (χ2v) is 6.89. The van der Waals surface area contributed by atoms with E-state index in [0.29, 0.717) is 24.3 Å². The number of aliphatic hydroxyl groups excluding tert-OH is 1. The lowest BCUT2D eigenvalue weighted by Gasteiger charge is -2.25. The van der Waals surface area contributed by atoms with Crippen LogP contribution in [0.3, 0.4) is 0 Å². The van der Waals surface area contributed by atoms with Crippen molar-refractivity contribution in [2.75, 3.05) is 18.5 Å². The maximum Gasteiger partial charge on any atom is 0.412 e. The third kappa shape index (κ3) is 8.49. The number of allylic oxidation sites excluding steroid dienone is 1. The van der Waals surface area contributed by atoms with Gasteiger partial charge in [0, 0.05) is 11.8 Å². The number of aliphatic hydroxyl groups is 1. The minimum atomic E-state index is -0.601. The largest absolute Gasteiger partial charge is 0.491 e. The van der Waals surface area contributed by atoms with E-state index in [1.54, 1.807) is 36.4 Å². The SMILES string of the molecule is C[C@@H](CC/C=C/C(=O)NO)[C@H](OC(=O)Nc1ccccc1)c1cccc(OCCO)c1. The van der Waals surface area contributed by atoms with Crippen LogP contribution in [0.4, 0.5) is 10.5 Å². The number of benzene rings is 2. The molecule has 2 aromatic rings. The molecule has 2 rings (SSSR count). The molecule has 2 aromatic carbocycles. The molecule has 0 bridgehead atoms. The Balaban J connectivity index is 2.13. The number of hydroxylamine groups is 1. The number of rotatable bonds is 11. The lowest BCUT2D eigenvalue weighted by molar-refractivity contribution is -0.124. The quantitative estimate of drug-likeness (QED) is 0.246. The van der Waals surface area contributed by atoms with Crippen LogP contribution in [0.15, 0.2) is 66.7 Å². The number of hydrogen-bond donors (Lipinski definition) is 4. The Morgan fingerprint density at radius 1 is 1.13 bits per heavy atom. The maximum absolute atomic E-state index is 12.5. The van der Waals surface area contributed by atoms with Gasteiger partial charge in [0.1, 0.15) is 18.5 Å². The number of hydrogen-bond acceptors (Lipinski definition) is 6. The van der Waals surface area contributed by atoms with Crippen molar-refractivity contribution in [1.29, 1.82) is 0 Å². The van der Waals surface area contributed by atoms with Gasteiger partial charge in [-0.2, -0.15) is 0 Å². The molecule has 0 heterocycles. The van der Waals surface area contributed by atoms with E-state index >= 15 is 0 Å². The van der Waals surface area contributed by atoms with Crippen LogP contribution in [0, 0.1) is 5.92 Å². The zero-order chi connectivity index (χ0) is 22.5. The first-order valence-corrected chi connectivity index (χ1v) is 10.0. The van der Waals surface area contributed by atoms with Gasteiger partial charge >= 0.3 is 6.09 Å². The Morgan fingerprint density at radius 3 is 2.61 bits per heavy atom. The molecule has 0 aromatic heterocycles. The van der Waals surface area contributed by atoms with Crippen LogP contribution >= 0.6 is 0 Å². The van der Waals surface area contributed by atoms with E-state index in [0.717, 1.165) is 5.56 Å². The number of amides is 2. The smallest absolute Gasteiger partial charge is 0.412 e. The fraction of sp³-hybridized carbons (Fsp3) is 0.304. The summed E-state index contributed by atoms with van der Waals surface area (Å²) in [5.41, 5.74) is 2.91. The first-order valence-electron chi connectivity index (χ1n) is 10.0. The molecule has 31 heavy (non-hydrogen) atoms. The number of para-hydroxylation sites is 1. The van der Waals surface area contributed by atoms with Gasteiger partial charge in [-0.05, 0) is 48.6 Å². The number of carbonyl (C=O) groups excluding carboxylic acids is 2. The van der Waals surface area contributed by atoms with Crippen molar-refractivity contribution in [2.24, 2.45) is 5.92 Å². The molecule has 0 unspecified atom stereocenters. The van der Waals surface area contributed by atoms with Crippen LogP contribution in [0.5, 0.6) is 5.75 Å². The number of carbonyl (C=O) groups is 2. The molecule has 8 heteroatoms. The zero-order valence-electron chi connectivity index (χ0n) is 17.4. The number of ether oxygens (including phenoxy) is 2. The molecule has 8 nitrogen and oxygen atoms in total. The van der Waals surface area contributed by atoms with Crippen LogP contribution in [-0.4, -0.2) is 35.5 Å². The lowest BCUT2D eigenvalue weighted by atomic mass is 9.93. The molecule has 166 valence electrons. The molecule has 0 spiro atoms. The van der Waals surface area contributed by atoms with Gasteiger partial charge in [-0.3, -0.25) is 15.3 Å². The molecule has 2 atom stereocenters. The molecule has 0 radical (unpaired) electrons. The van der Waals surface area contributed by atoms with Crippen molar-refractivity contribution in [3.05, 3.63) is 72.3 Å². The Kier molecular flexibility index (Phi) is 10.1. The summed E-state index contributed by atoms with van der Waals surface area (Å²) in [7, 11) is 0. The standard InChI is InChI=1S/C23H28N2O6/c1-17(8-5-6-13-21(27)25-29)22(18-9-7-12-20(16-18)30-15-14-26)31-23(28)24-19-10-3-2-4-11-19/h2-4,6-7,9-13,16-17,22,26,29H,5,8,14-15H2,1H3,(H,24,28)(H,25,27)/b13-6+/t17-,22-/m0/s1. The monoisotopic (exact) mass is 428 g/mol. The van der Waals surface area contributed by atoms with Gasteiger partial charge in [0.2, 0.25) is 0 Å². The van der Waals surface area contributed by atoms with Crippen LogP contribution in [-0.2, 0) is 9.53 Å². The molecule has 0 aliphatic heterocycles. The van der Waals surface area contributed by atoms with E-state index in [9.17, 15) is 9.59 Å². The highest BCUT2D eigenvalue weighted by Crippen LogP contribution is 2.32. The normalized spacial score (nSPS) is 12.7. The molecular weight excluding hydrogens is 400 g/mol. The first-order chi connectivity index (χ1) is 15.0. The number of nitrogens with one attached hydrogen (secondary N) is 2. The van der Waals surface area contributed by atoms with Crippen molar-refractivity contribution >= 4 is 17.7 Å². The average molecular weight is 428 g/mol. The van der Waals surface area contributed by atoms with Gasteiger partial charge in [0.25, 0.3) is 5.91 Å². The molecule has 0 aliphatic carbocycles. The van der Waals surface area contributed by atoms with E-state index in [-0.39, 0.29) is 19.1 Å². The van der Waals surface area contributed by atoms with Crippen LogP contribution in [0.25, 0.3) is 0 Å². The predicted molar refractivity (Wildman–Crippen MR) is 116 cm³/mol. The topological polar surface area (TPSA) is 117 Å². The molecule has 0 aliphatic rings. The predicted octanol–water partition coefficient (Wildman–Crippen LogP) is 3.83. The Hall–Kier alpha value is -3.36. The third-order valence-electron chi connectivity index (χ3n) is 4.49. The van der Waals surface area contributed by atoms with Crippen molar-refractivity contribution < 1.29 is 29.4 Å². The van der Waals surface area contributed by atoms with Crippen molar-refractivity contribution in [3.8, 4) is 5.75 Å². The summed E-state index contributed by atoms with van der Waals surface area (Å²) in [5.74, 6) is -0.122. The lowest BCUT2D eigenvalue weighted by Crippen LogP contribution is -2.22. The first kappa shape index (κ1) is 23.9. The molecule has 0 saturated heterocycles. The van der Waals surface area contributed by atoms with Crippen LogP contribution < -0.4 is 15.5 Å². The molecule has 4 N–H and O–H groups in total. The second-order valence-electron chi connectivity index (χ2n) is 6.89. The second kappa shape index (κ2) is 13.0. The summed E-state index contributed by atoms with van der Waals surface area (Å²) in [6.45, 7) is 2.01. The van der Waals surface area contributed by atoms with Crippen molar-refractivity contribution in [1.82, 2.24) is 5.48 Å². The van der Waals surface area contributed by atoms with E-state index in [1.807, 2.05) is 31.2 Å². The maximum atomic E-state index is 12.5. The fourth-order valence-electron chi connectivity index (χ4n) is 2.98. The van der Waals surface area contributed by atoms with Gasteiger partial charge in [0.15, 0.2) is 0 Å². The van der Waals surface area contributed by atoms with Gasteiger partial charge in [-0.15, -0.1) is 0 Å². The van der Waals surface area contributed by atoms with E-state index in [2.05, 4.69) is 5.32 Å². The van der Waals surface area contributed by atoms with Crippen molar-refractivity contribution in [2.45, 2.75) is 25.9 Å². The average Bonchev–Trinajstić information content (AvgIpc) is 2.79. The third-order valence-corrected chi connectivity index (χ3v) is 4.49. The molecule has 0 saturated carbocycles. The number of anilines is 1. The minimum absolute atomic E-state index is 0.0866. The molecular formula is C23H28N2O6. The van der Waals surface area contributed by atoms with Gasteiger partial charge in [-0.1, -0.05) is 43.3 Å². The highest BCUT2D eigenvalue weighted by Gasteiger charge is 2.24. The molecule has 0 fully saturated rings. The Labute approximate surface area is 181 Å². The Morgan fingerprint density at radius 2 is 1.90 bits per heavy atom. The van der Waals surface area contributed by atoms with Gasteiger partial charge in [0.05, 0.1) is 6.61 Å². The van der Waals surface area contributed by atoms with Gasteiger partial charge < -0.3 is 14.6 Å². The van der Waals surface area contributed by atoms with Crippen LogP contribution in [0.1, 0.15) is 31.4 Å².